The summed E-state index contributed by atoms with van der Waals surface area (Å²) in [6, 6.07) is 1.34. The van der Waals surface area contributed by atoms with E-state index in [1.165, 1.54) is 6.07 Å². The number of amides is 1. The minimum Gasteiger partial charge on any atom is -0.504 e. The quantitative estimate of drug-likeness (QED) is 0.625. The molecule has 1 heterocycles. The van der Waals surface area contributed by atoms with E-state index in [4.69, 9.17) is 0 Å². The van der Waals surface area contributed by atoms with Gasteiger partial charge in [-0.25, -0.2) is 0 Å². The predicted octanol–water partition coefficient (Wildman–Crippen LogP) is 1.03. The maximum absolute atomic E-state index is 11.8. The zero-order chi connectivity index (χ0) is 11.2. The summed E-state index contributed by atoms with van der Waals surface area (Å²) in [4.78, 5) is 13.4. The molecule has 0 saturated carbocycles. The number of phenols is 2. The molecule has 15 heavy (non-hydrogen) atoms. The van der Waals surface area contributed by atoms with Crippen molar-refractivity contribution >= 4 is 5.91 Å². The number of carbonyl (C=O) groups excluding carboxylic acids is 1. The average Bonchev–Trinajstić information content (AvgIpc) is 2.21. The lowest BCUT2D eigenvalue weighted by atomic mass is 9.94. The Kier molecular flexibility index (Phi) is 2.07. The molecule has 0 spiro atoms. The van der Waals surface area contributed by atoms with Crippen LogP contribution in [0, 0.1) is 6.92 Å². The van der Waals surface area contributed by atoms with E-state index in [0.717, 1.165) is 12.0 Å². The Morgan fingerprint density at radius 2 is 2.07 bits per heavy atom. The molecular formula is C11H13NO3. The fourth-order valence-corrected chi connectivity index (χ4v) is 1.93. The lowest BCUT2D eigenvalue weighted by Gasteiger charge is -2.26. The second-order valence-corrected chi connectivity index (χ2v) is 3.87. The minimum absolute atomic E-state index is 0.102. The van der Waals surface area contributed by atoms with Crippen molar-refractivity contribution < 1.29 is 15.0 Å². The molecule has 80 valence electrons. The van der Waals surface area contributed by atoms with Crippen molar-refractivity contribution in [3.05, 3.63) is 22.8 Å². The van der Waals surface area contributed by atoms with Crippen LogP contribution in [0.4, 0.5) is 0 Å². The van der Waals surface area contributed by atoms with Crippen LogP contribution in [0.2, 0.25) is 0 Å². The second-order valence-electron chi connectivity index (χ2n) is 3.87. The van der Waals surface area contributed by atoms with E-state index in [9.17, 15) is 15.0 Å². The van der Waals surface area contributed by atoms with Gasteiger partial charge in [0.25, 0.3) is 5.91 Å². The lowest BCUT2D eigenvalue weighted by Crippen LogP contribution is -2.34. The molecule has 1 aromatic carbocycles. The van der Waals surface area contributed by atoms with Crippen molar-refractivity contribution in [2.75, 3.05) is 13.6 Å². The van der Waals surface area contributed by atoms with E-state index < -0.39 is 0 Å². The van der Waals surface area contributed by atoms with Gasteiger partial charge in [-0.15, -0.1) is 0 Å². The van der Waals surface area contributed by atoms with Crippen LogP contribution in [0.5, 0.6) is 11.5 Å². The van der Waals surface area contributed by atoms with Crippen molar-refractivity contribution in [2.45, 2.75) is 13.3 Å². The molecule has 0 fully saturated rings. The Bertz CT molecular complexity index is 440. The van der Waals surface area contributed by atoms with Gasteiger partial charge in [0.2, 0.25) is 0 Å². The number of nitrogens with zero attached hydrogens (tertiary/aromatic N) is 1. The average molecular weight is 207 g/mol. The van der Waals surface area contributed by atoms with Gasteiger partial charge < -0.3 is 15.1 Å². The van der Waals surface area contributed by atoms with Crippen LogP contribution in [0.1, 0.15) is 21.5 Å². The highest BCUT2D eigenvalue weighted by Crippen LogP contribution is 2.35. The molecule has 1 aromatic rings. The molecule has 0 radical (unpaired) electrons. The first-order valence-corrected chi connectivity index (χ1v) is 4.82. The van der Waals surface area contributed by atoms with Crippen molar-refractivity contribution in [1.82, 2.24) is 4.90 Å². The highest BCUT2D eigenvalue weighted by molar-refractivity contribution is 5.97. The van der Waals surface area contributed by atoms with Gasteiger partial charge in [-0.1, -0.05) is 0 Å². The van der Waals surface area contributed by atoms with Crippen molar-refractivity contribution in [1.29, 1.82) is 0 Å². The highest BCUT2D eigenvalue weighted by atomic mass is 16.3. The van der Waals surface area contributed by atoms with Gasteiger partial charge >= 0.3 is 0 Å². The van der Waals surface area contributed by atoms with Crippen molar-refractivity contribution in [3.63, 3.8) is 0 Å². The molecule has 4 heteroatoms. The molecule has 1 aliphatic rings. The Balaban J connectivity index is 2.66. The highest BCUT2D eigenvalue weighted by Gasteiger charge is 2.25. The first-order chi connectivity index (χ1) is 7.02. The van der Waals surface area contributed by atoms with E-state index in [2.05, 4.69) is 0 Å². The fourth-order valence-electron chi connectivity index (χ4n) is 1.93. The monoisotopic (exact) mass is 207 g/mol. The van der Waals surface area contributed by atoms with Gasteiger partial charge in [-0.05, 0) is 30.5 Å². The summed E-state index contributed by atoms with van der Waals surface area (Å²) in [6.07, 6.45) is 0.719. The summed E-state index contributed by atoms with van der Waals surface area (Å²) >= 11 is 0. The van der Waals surface area contributed by atoms with Gasteiger partial charge in [0.05, 0.1) is 0 Å². The molecule has 0 atom stereocenters. The summed E-state index contributed by atoms with van der Waals surface area (Å²) in [5.41, 5.74) is 1.94. The van der Waals surface area contributed by atoms with E-state index >= 15 is 0 Å². The number of aromatic hydroxyl groups is 2. The molecule has 1 amide bonds. The molecule has 2 N–H and O–H groups in total. The second kappa shape index (κ2) is 3.15. The maximum Gasteiger partial charge on any atom is 0.254 e. The predicted molar refractivity (Wildman–Crippen MR) is 55.2 cm³/mol. The van der Waals surface area contributed by atoms with E-state index in [1.807, 2.05) is 0 Å². The zero-order valence-corrected chi connectivity index (χ0v) is 8.74. The van der Waals surface area contributed by atoms with Crippen LogP contribution in [-0.2, 0) is 6.42 Å². The third-order valence-electron chi connectivity index (χ3n) is 2.93. The van der Waals surface area contributed by atoms with Crippen molar-refractivity contribution in [2.24, 2.45) is 0 Å². The van der Waals surface area contributed by atoms with Gasteiger partial charge in [-0.3, -0.25) is 4.79 Å². The third-order valence-corrected chi connectivity index (χ3v) is 2.93. The van der Waals surface area contributed by atoms with Gasteiger partial charge in [0.15, 0.2) is 11.5 Å². The topological polar surface area (TPSA) is 60.8 Å². The molecule has 1 aliphatic heterocycles. The van der Waals surface area contributed by atoms with E-state index in [-0.39, 0.29) is 17.4 Å². The Morgan fingerprint density at radius 1 is 1.40 bits per heavy atom. The summed E-state index contributed by atoms with van der Waals surface area (Å²) in [5.74, 6) is -0.448. The van der Waals surface area contributed by atoms with Crippen LogP contribution in [-0.4, -0.2) is 34.6 Å². The van der Waals surface area contributed by atoms with Gasteiger partial charge in [0.1, 0.15) is 0 Å². The SMILES string of the molecule is Cc1c(O)c(O)cc2c1CCN(C)C2=O. The third kappa shape index (κ3) is 1.33. The summed E-state index contributed by atoms with van der Waals surface area (Å²) in [5, 5.41) is 19.0. The van der Waals surface area contributed by atoms with Crippen LogP contribution in [0.3, 0.4) is 0 Å². The number of likely N-dealkylation sites (N-methyl/N-ethyl adjacent to an activating group) is 1. The van der Waals surface area contributed by atoms with Gasteiger partial charge in [0, 0.05) is 19.2 Å². The molecule has 0 unspecified atom stereocenters. The molecule has 2 rings (SSSR count). The number of rotatable bonds is 0. The summed E-state index contributed by atoms with van der Waals surface area (Å²) in [6.45, 7) is 2.36. The zero-order valence-electron chi connectivity index (χ0n) is 8.74. The van der Waals surface area contributed by atoms with Crippen LogP contribution in [0.25, 0.3) is 0 Å². The number of benzene rings is 1. The molecule has 0 aliphatic carbocycles. The molecule has 0 bridgehead atoms. The first kappa shape index (κ1) is 9.83. The van der Waals surface area contributed by atoms with Gasteiger partial charge in [-0.2, -0.15) is 0 Å². The maximum atomic E-state index is 11.8. The van der Waals surface area contributed by atoms with E-state index in [0.29, 0.717) is 17.7 Å². The number of carbonyl (C=O) groups is 1. The molecule has 4 nitrogen and oxygen atoms in total. The van der Waals surface area contributed by atoms with Crippen LogP contribution < -0.4 is 0 Å². The number of fused-ring (bicyclic) bond motifs is 1. The Labute approximate surface area is 87.8 Å². The molecule has 0 saturated heterocycles. The molecule has 0 aromatic heterocycles. The Hall–Kier alpha value is -1.71. The largest absolute Gasteiger partial charge is 0.504 e. The van der Waals surface area contributed by atoms with Crippen molar-refractivity contribution in [3.8, 4) is 11.5 Å². The van der Waals surface area contributed by atoms with E-state index in [1.54, 1.807) is 18.9 Å². The Morgan fingerprint density at radius 3 is 2.73 bits per heavy atom. The first-order valence-electron chi connectivity index (χ1n) is 4.82. The number of phenolic OH excluding ortho intramolecular Hbond substituents is 2. The number of hydrogen-bond donors (Lipinski definition) is 2. The lowest BCUT2D eigenvalue weighted by molar-refractivity contribution is 0.0780. The number of hydrogen-bond acceptors (Lipinski definition) is 3. The summed E-state index contributed by atoms with van der Waals surface area (Å²) in [7, 11) is 1.73. The molecular weight excluding hydrogens is 194 g/mol. The normalized spacial score (nSPS) is 15.3. The van der Waals surface area contributed by atoms with Crippen LogP contribution >= 0.6 is 0 Å². The minimum atomic E-state index is -0.227. The fraction of sp³-hybridized carbons (Fsp3) is 0.364. The smallest absolute Gasteiger partial charge is 0.254 e. The summed E-state index contributed by atoms with van der Waals surface area (Å²) < 4.78 is 0. The van der Waals surface area contributed by atoms with Crippen LogP contribution in [0.15, 0.2) is 6.07 Å². The standard InChI is InChI=1S/C11H13NO3/c1-6-7-3-4-12(2)11(15)8(7)5-9(13)10(6)14/h5,13-14H,3-4H2,1-2H3.